The third-order valence-corrected chi connectivity index (χ3v) is 2.95. The van der Waals surface area contributed by atoms with Gasteiger partial charge in [-0.3, -0.25) is 9.59 Å². The van der Waals surface area contributed by atoms with Crippen LogP contribution < -0.4 is 21.1 Å². The first-order chi connectivity index (χ1) is 10.1. The van der Waals surface area contributed by atoms with E-state index in [2.05, 4.69) is 10.6 Å². The van der Waals surface area contributed by atoms with E-state index >= 15 is 0 Å². The first-order valence-electron chi connectivity index (χ1n) is 6.75. The number of morpholine rings is 1. The Bertz CT molecular complexity index is 483. The van der Waals surface area contributed by atoms with E-state index in [9.17, 15) is 9.59 Å². The van der Waals surface area contributed by atoms with E-state index in [0.29, 0.717) is 31.1 Å². The van der Waals surface area contributed by atoms with Crippen LogP contribution in [0.15, 0.2) is 24.3 Å². The van der Waals surface area contributed by atoms with Gasteiger partial charge in [-0.05, 0) is 24.3 Å². The number of amides is 2. The highest BCUT2D eigenvalue weighted by atomic mass is 16.5. The van der Waals surface area contributed by atoms with E-state index in [1.807, 2.05) is 0 Å². The van der Waals surface area contributed by atoms with Crippen molar-refractivity contribution in [3.8, 4) is 5.75 Å². The zero-order valence-corrected chi connectivity index (χ0v) is 11.6. The Morgan fingerprint density at radius 1 is 1.38 bits per heavy atom. The average Bonchev–Trinajstić information content (AvgIpc) is 2.47. The molecule has 1 saturated heterocycles. The second kappa shape index (κ2) is 7.61. The molecule has 1 fully saturated rings. The largest absolute Gasteiger partial charge is 0.484 e. The number of anilines is 1. The van der Waals surface area contributed by atoms with Crippen LogP contribution in [-0.2, 0) is 14.3 Å². The van der Waals surface area contributed by atoms with Gasteiger partial charge in [0, 0.05) is 24.7 Å². The van der Waals surface area contributed by atoms with Gasteiger partial charge in [-0.25, -0.2) is 0 Å². The van der Waals surface area contributed by atoms with Crippen LogP contribution in [0.25, 0.3) is 0 Å². The van der Waals surface area contributed by atoms with Crippen LogP contribution in [0.1, 0.15) is 6.42 Å². The van der Waals surface area contributed by atoms with E-state index in [4.69, 9.17) is 15.2 Å². The highest BCUT2D eigenvalue weighted by molar-refractivity contribution is 5.91. The maximum atomic E-state index is 11.9. The molecule has 21 heavy (non-hydrogen) atoms. The normalized spacial score (nSPS) is 18.0. The highest BCUT2D eigenvalue weighted by Crippen LogP contribution is 2.16. The lowest BCUT2D eigenvalue weighted by molar-refractivity contribution is -0.120. The number of carbonyl (C=O) groups is 2. The van der Waals surface area contributed by atoms with Gasteiger partial charge in [0.25, 0.3) is 5.91 Å². The molecule has 1 atom stereocenters. The Kier molecular flexibility index (Phi) is 5.53. The summed E-state index contributed by atoms with van der Waals surface area (Å²) >= 11 is 0. The molecule has 0 bridgehead atoms. The Labute approximate surface area is 122 Å². The van der Waals surface area contributed by atoms with Crippen molar-refractivity contribution in [2.24, 2.45) is 5.73 Å². The molecule has 0 spiro atoms. The standard InChI is InChI=1S/C14H19N3O4/c15-13(18)9-21-12-3-1-10(2-4-12)17-14(19)7-11-8-20-6-5-16-11/h1-4,11,16H,5-9H2,(H2,15,18)(H,17,19). The maximum Gasteiger partial charge on any atom is 0.255 e. The van der Waals surface area contributed by atoms with Crippen molar-refractivity contribution in [1.29, 1.82) is 0 Å². The molecule has 0 aliphatic carbocycles. The zero-order valence-electron chi connectivity index (χ0n) is 11.6. The van der Waals surface area contributed by atoms with Crippen molar-refractivity contribution >= 4 is 17.5 Å². The van der Waals surface area contributed by atoms with E-state index in [1.165, 1.54) is 0 Å². The Hall–Kier alpha value is -2.12. The summed E-state index contributed by atoms with van der Waals surface area (Å²) in [6, 6.07) is 6.80. The molecule has 1 aliphatic rings. The van der Waals surface area contributed by atoms with Crippen LogP contribution in [0.3, 0.4) is 0 Å². The molecule has 7 nitrogen and oxygen atoms in total. The third kappa shape index (κ3) is 5.41. The lowest BCUT2D eigenvalue weighted by Crippen LogP contribution is -2.43. The number of nitrogens with two attached hydrogens (primary N) is 1. The Morgan fingerprint density at radius 3 is 2.76 bits per heavy atom. The van der Waals surface area contributed by atoms with Gasteiger partial charge in [0.05, 0.1) is 13.2 Å². The first-order valence-corrected chi connectivity index (χ1v) is 6.75. The summed E-state index contributed by atoms with van der Waals surface area (Å²) in [7, 11) is 0. The number of hydrogen-bond donors (Lipinski definition) is 3. The molecule has 1 aliphatic heterocycles. The number of primary amides is 1. The number of hydrogen-bond acceptors (Lipinski definition) is 5. The number of benzene rings is 1. The summed E-state index contributed by atoms with van der Waals surface area (Å²) in [6.45, 7) is 1.83. The zero-order chi connectivity index (χ0) is 15.1. The lowest BCUT2D eigenvalue weighted by Gasteiger charge is -2.23. The van der Waals surface area contributed by atoms with Gasteiger partial charge in [-0.1, -0.05) is 0 Å². The van der Waals surface area contributed by atoms with Gasteiger partial charge < -0.3 is 25.8 Å². The summed E-state index contributed by atoms with van der Waals surface area (Å²) < 4.78 is 10.4. The van der Waals surface area contributed by atoms with Crippen LogP contribution in [0.5, 0.6) is 5.75 Å². The lowest BCUT2D eigenvalue weighted by atomic mass is 10.2. The van der Waals surface area contributed by atoms with Gasteiger partial charge >= 0.3 is 0 Å². The minimum absolute atomic E-state index is 0.0527. The molecule has 1 aromatic rings. The van der Waals surface area contributed by atoms with Crippen molar-refractivity contribution in [2.75, 3.05) is 31.7 Å². The molecule has 1 unspecified atom stereocenters. The highest BCUT2D eigenvalue weighted by Gasteiger charge is 2.16. The molecule has 0 aromatic heterocycles. The molecule has 1 aromatic carbocycles. The molecule has 2 amide bonds. The first kappa shape index (κ1) is 15.3. The van der Waals surface area contributed by atoms with Crippen LogP contribution >= 0.6 is 0 Å². The number of ether oxygens (including phenoxy) is 2. The quantitative estimate of drug-likeness (QED) is 0.678. The van der Waals surface area contributed by atoms with Crippen LogP contribution in [0.2, 0.25) is 0 Å². The maximum absolute atomic E-state index is 11.9. The fourth-order valence-electron chi connectivity index (χ4n) is 1.98. The number of nitrogens with one attached hydrogen (secondary N) is 2. The fourth-order valence-corrected chi connectivity index (χ4v) is 1.98. The predicted molar refractivity (Wildman–Crippen MR) is 77.0 cm³/mol. The second-order valence-corrected chi connectivity index (χ2v) is 4.76. The summed E-state index contributed by atoms with van der Waals surface area (Å²) in [5, 5.41) is 6.02. The summed E-state index contributed by atoms with van der Waals surface area (Å²) in [5.74, 6) is -0.0902. The molecule has 0 saturated carbocycles. The topological polar surface area (TPSA) is 103 Å². The minimum atomic E-state index is -0.533. The van der Waals surface area contributed by atoms with E-state index in [0.717, 1.165) is 6.54 Å². The minimum Gasteiger partial charge on any atom is -0.484 e. The molecule has 114 valence electrons. The molecule has 7 heteroatoms. The van der Waals surface area contributed by atoms with Gasteiger partial charge in [0.1, 0.15) is 5.75 Å². The molecule has 1 heterocycles. The smallest absolute Gasteiger partial charge is 0.255 e. The van der Waals surface area contributed by atoms with Crippen LogP contribution in [0, 0.1) is 0 Å². The Balaban J connectivity index is 1.79. The van der Waals surface area contributed by atoms with Gasteiger partial charge in [0.2, 0.25) is 5.91 Å². The summed E-state index contributed by atoms with van der Waals surface area (Å²) in [4.78, 5) is 22.5. The predicted octanol–water partition coefficient (Wildman–Crippen LogP) is -0.132. The van der Waals surface area contributed by atoms with Gasteiger partial charge in [-0.15, -0.1) is 0 Å². The van der Waals surface area contributed by atoms with Gasteiger partial charge in [-0.2, -0.15) is 0 Å². The van der Waals surface area contributed by atoms with Crippen molar-refractivity contribution in [3.05, 3.63) is 24.3 Å². The second-order valence-electron chi connectivity index (χ2n) is 4.76. The number of rotatable bonds is 6. The summed E-state index contributed by atoms with van der Waals surface area (Å²) in [6.07, 6.45) is 0.361. The van der Waals surface area contributed by atoms with Crippen LogP contribution in [0.4, 0.5) is 5.69 Å². The number of carbonyl (C=O) groups excluding carboxylic acids is 2. The molecular weight excluding hydrogens is 274 g/mol. The van der Waals surface area contributed by atoms with E-state index in [-0.39, 0.29) is 18.6 Å². The molecule has 0 radical (unpaired) electrons. The fraction of sp³-hybridized carbons (Fsp3) is 0.429. The molecule has 4 N–H and O–H groups in total. The average molecular weight is 293 g/mol. The van der Waals surface area contributed by atoms with Crippen LogP contribution in [-0.4, -0.2) is 44.2 Å². The molecular formula is C14H19N3O4. The van der Waals surface area contributed by atoms with Crippen molar-refractivity contribution < 1.29 is 19.1 Å². The van der Waals surface area contributed by atoms with Gasteiger partial charge in [0.15, 0.2) is 6.61 Å². The summed E-state index contributed by atoms with van der Waals surface area (Å²) in [5.41, 5.74) is 5.66. The monoisotopic (exact) mass is 293 g/mol. The van der Waals surface area contributed by atoms with Crippen molar-refractivity contribution in [1.82, 2.24) is 5.32 Å². The van der Waals surface area contributed by atoms with Crippen molar-refractivity contribution in [2.45, 2.75) is 12.5 Å². The van der Waals surface area contributed by atoms with E-state index in [1.54, 1.807) is 24.3 Å². The SMILES string of the molecule is NC(=O)COc1ccc(NC(=O)CC2COCCN2)cc1. The Morgan fingerprint density at radius 2 is 2.14 bits per heavy atom. The van der Waals surface area contributed by atoms with Crippen molar-refractivity contribution in [3.63, 3.8) is 0 Å². The molecule has 2 rings (SSSR count). The third-order valence-electron chi connectivity index (χ3n) is 2.95. The van der Waals surface area contributed by atoms with E-state index < -0.39 is 5.91 Å².